The number of imidazole rings is 1. The molecular weight excluding hydrogens is 282 g/mol. The van der Waals surface area contributed by atoms with Crippen LogP contribution >= 0.6 is 23.4 Å². The maximum Gasteiger partial charge on any atom is 0.226 e. The molecule has 0 aliphatic heterocycles. The SMILES string of the molecule is CSc1ccccc1Nc1nc(Cl)nc2nc[nH]c12. The van der Waals surface area contributed by atoms with Gasteiger partial charge in [-0.15, -0.1) is 11.8 Å². The van der Waals surface area contributed by atoms with Gasteiger partial charge in [0.15, 0.2) is 11.5 Å². The number of aromatic amines is 1. The fourth-order valence-corrected chi connectivity index (χ4v) is 2.49. The van der Waals surface area contributed by atoms with Crippen molar-refractivity contribution in [3.05, 3.63) is 35.9 Å². The first-order chi connectivity index (χ1) is 9.28. The van der Waals surface area contributed by atoms with Crippen molar-refractivity contribution in [2.75, 3.05) is 11.6 Å². The third-order valence-electron chi connectivity index (χ3n) is 2.62. The topological polar surface area (TPSA) is 66.5 Å². The first-order valence-electron chi connectivity index (χ1n) is 5.54. The number of thioether (sulfide) groups is 1. The van der Waals surface area contributed by atoms with Gasteiger partial charge in [-0.2, -0.15) is 9.97 Å². The van der Waals surface area contributed by atoms with Crippen LogP contribution in [0.5, 0.6) is 0 Å². The second-order valence-electron chi connectivity index (χ2n) is 3.77. The van der Waals surface area contributed by atoms with Gasteiger partial charge in [0.25, 0.3) is 0 Å². The Labute approximate surface area is 118 Å². The van der Waals surface area contributed by atoms with E-state index in [1.807, 2.05) is 30.5 Å². The number of aromatic nitrogens is 4. The molecule has 2 N–H and O–H groups in total. The number of halogens is 1. The van der Waals surface area contributed by atoms with E-state index in [-0.39, 0.29) is 5.28 Å². The van der Waals surface area contributed by atoms with Gasteiger partial charge in [0.05, 0.1) is 12.0 Å². The molecule has 0 saturated carbocycles. The van der Waals surface area contributed by atoms with Gasteiger partial charge in [0.2, 0.25) is 5.28 Å². The number of fused-ring (bicyclic) bond motifs is 1. The maximum absolute atomic E-state index is 5.90. The molecule has 2 heterocycles. The minimum Gasteiger partial charge on any atom is -0.340 e. The molecule has 0 atom stereocenters. The summed E-state index contributed by atoms with van der Waals surface area (Å²) in [4.78, 5) is 16.5. The Bertz CT molecular complexity index is 727. The number of rotatable bonds is 3. The lowest BCUT2D eigenvalue weighted by molar-refractivity contribution is 1.19. The molecule has 96 valence electrons. The van der Waals surface area contributed by atoms with Crippen molar-refractivity contribution in [1.82, 2.24) is 19.9 Å². The Morgan fingerprint density at radius 3 is 2.95 bits per heavy atom. The minimum atomic E-state index is 0.170. The molecular formula is C12H10ClN5S. The summed E-state index contributed by atoms with van der Waals surface area (Å²) in [6.45, 7) is 0. The zero-order valence-electron chi connectivity index (χ0n) is 10.0. The normalized spacial score (nSPS) is 10.8. The van der Waals surface area contributed by atoms with Crippen LogP contribution in [-0.4, -0.2) is 26.2 Å². The summed E-state index contributed by atoms with van der Waals surface area (Å²) in [5.74, 6) is 0.619. The number of anilines is 2. The number of hydrogen-bond donors (Lipinski definition) is 2. The van der Waals surface area contributed by atoms with Crippen LogP contribution in [-0.2, 0) is 0 Å². The van der Waals surface area contributed by atoms with Crippen LogP contribution < -0.4 is 5.32 Å². The van der Waals surface area contributed by atoms with Crippen molar-refractivity contribution in [3.63, 3.8) is 0 Å². The summed E-state index contributed by atoms with van der Waals surface area (Å²) in [7, 11) is 0. The highest BCUT2D eigenvalue weighted by atomic mass is 35.5. The van der Waals surface area contributed by atoms with E-state index in [4.69, 9.17) is 11.6 Å². The van der Waals surface area contributed by atoms with Crippen LogP contribution in [0.2, 0.25) is 5.28 Å². The molecule has 0 aliphatic carbocycles. The Hall–Kier alpha value is -1.79. The molecule has 0 amide bonds. The van der Waals surface area contributed by atoms with Crippen molar-refractivity contribution in [1.29, 1.82) is 0 Å². The fraction of sp³-hybridized carbons (Fsp3) is 0.0833. The second kappa shape index (κ2) is 5.07. The van der Waals surface area contributed by atoms with Gasteiger partial charge in [0.1, 0.15) is 5.52 Å². The van der Waals surface area contributed by atoms with Gasteiger partial charge < -0.3 is 10.3 Å². The molecule has 0 unspecified atom stereocenters. The molecule has 0 radical (unpaired) electrons. The van der Waals surface area contributed by atoms with Crippen molar-refractivity contribution in [2.45, 2.75) is 4.90 Å². The van der Waals surface area contributed by atoms with E-state index < -0.39 is 0 Å². The first kappa shape index (κ1) is 12.3. The van der Waals surface area contributed by atoms with Crippen LogP contribution in [0.3, 0.4) is 0 Å². The predicted octanol–water partition coefficient (Wildman–Crippen LogP) is 3.47. The molecule has 19 heavy (non-hydrogen) atoms. The monoisotopic (exact) mass is 291 g/mol. The first-order valence-corrected chi connectivity index (χ1v) is 7.15. The highest BCUT2D eigenvalue weighted by molar-refractivity contribution is 7.98. The number of H-pyrrole nitrogens is 1. The smallest absolute Gasteiger partial charge is 0.226 e. The van der Waals surface area contributed by atoms with Crippen molar-refractivity contribution in [3.8, 4) is 0 Å². The van der Waals surface area contributed by atoms with Gasteiger partial charge in [-0.1, -0.05) is 12.1 Å². The summed E-state index contributed by atoms with van der Waals surface area (Å²) >= 11 is 7.56. The van der Waals surface area contributed by atoms with Gasteiger partial charge in [-0.3, -0.25) is 0 Å². The highest BCUT2D eigenvalue weighted by Crippen LogP contribution is 2.29. The summed E-state index contributed by atoms with van der Waals surface area (Å²) in [5.41, 5.74) is 2.25. The van der Waals surface area contributed by atoms with Crippen molar-refractivity contribution < 1.29 is 0 Å². The predicted molar refractivity (Wildman–Crippen MR) is 78.2 cm³/mol. The maximum atomic E-state index is 5.90. The highest BCUT2D eigenvalue weighted by Gasteiger charge is 2.10. The molecule has 0 bridgehead atoms. The number of nitrogens with one attached hydrogen (secondary N) is 2. The zero-order chi connectivity index (χ0) is 13.2. The average Bonchev–Trinajstić information content (AvgIpc) is 2.87. The summed E-state index contributed by atoms with van der Waals surface area (Å²) in [6.07, 6.45) is 3.60. The lowest BCUT2D eigenvalue weighted by Gasteiger charge is -2.10. The van der Waals surface area contributed by atoms with Crippen LogP contribution in [0.1, 0.15) is 0 Å². The van der Waals surface area contributed by atoms with Crippen LogP contribution in [0.25, 0.3) is 11.2 Å². The number of nitrogens with zero attached hydrogens (tertiary/aromatic N) is 3. The third kappa shape index (κ3) is 2.36. The minimum absolute atomic E-state index is 0.170. The molecule has 5 nitrogen and oxygen atoms in total. The lowest BCUT2D eigenvalue weighted by Crippen LogP contribution is -1.98. The molecule has 0 saturated heterocycles. The van der Waals surface area contributed by atoms with Gasteiger partial charge in [0, 0.05) is 4.90 Å². The third-order valence-corrected chi connectivity index (χ3v) is 3.58. The zero-order valence-corrected chi connectivity index (χ0v) is 11.6. The van der Waals surface area contributed by atoms with Crippen LogP contribution in [0, 0.1) is 0 Å². The molecule has 1 aromatic carbocycles. The molecule has 0 aliphatic rings. The molecule has 7 heteroatoms. The van der Waals surface area contributed by atoms with Gasteiger partial charge in [-0.05, 0) is 30.0 Å². The Morgan fingerprint density at radius 2 is 2.11 bits per heavy atom. The largest absolute Gasteiger partial charge is 0.340 e. The second-order valence-corrected chi connectivity index (χ2v) is 4.95. The number of para-hydroxylation sites is 1. The van der Waals surface area contributed by atoms with Gasteiger partial charge >= 0.3 is 0 Å². The molecule has 3 rings (SSSR count). The van der Waals surface area contributed by atoms with Crippen molar-refractivity contribution >= 4 is 46.0 Å². The summed E-state index contributed by atoms with van der Waals surface area (Å²) in [6, 6.07) is 7.99. The van der Waals surface area contributed by atoms with Crippen LogP contribution in [0.15, 0.2) is 35.5 Å². The van der Waals surface area contributed by atoms with E-state index >= 15 is 0 Å². The van der Waals surface area contributed by atoms with Gasteiger partial charge in [-0.25, -0.2) is 4.98 Å². The van der Waals surface area contributed by atoms with Crippen LogP contribution in [0.4, 0.5) is 11.5 Å². The van der Waals surface area contributed by atoms with E-state index in [0.717, 1.165) is 16.1 Å². The Morgan fingerprint density at radius 1 is 1.26 bits per heavy atom. The Balaban J connectivity index is 2.07. The fourth-order valence-electron chi connectivity index (χ4n) is 1.77. The molecule has 2 aromatic heterocycles. The molecule has 0 fully saturated rings. The van der Waals surface area contributed by atoms with E-state index in [2.05, 4.69) is 25.3 Å². The average molecular weight is 292 g/mol. The van der Waals surface area contributed by atoms with E-state index in [1.54, 1.807) is 18.1 Å². The van der Waals surface area contributed by atoms with E-state index in [1.165, 1.54) is 0 Å². The Kier molecular flexibility index (Phi) is 3.27. The number of benzene rings is 1. The summed E-state index contributed by atoms with van der Waals surface area (Å²) in [5, 5.41) is 3.44. The molecule has 3 aromatic rings. The number of hydrogen-bond acceptors (Lipinski definition) is 5. The lowest BCUT2D eigenvalue weighted by atomic mass is 10.3. The quantitative estimate of drug-likeness (QED) is 0.571. The van der Waals surface area contributed by atoms with E-state index in [0.29, 0.717) is 11.5 Å². The van der Waals surface area contributed by atoms with E-state index in [9.17, 15) is 0 Å². The standard InChI is InChI=1S/C12H10ClN5S/c1-19-8-5-3-2-4-7(8)16-11-9-10(15-6-14-9)17-12(13)18-11/h2-6H,1H3,(H2,14,15,16,17,18). The summed E-state index contributed by atoms with van der Waals surface area (Å²) < 4.78 is 0. The molecule has 0 spiro atoms. The van der Waals surface area contributed by atoms with Crippen molar-refractivity contribution in [2.24, 2.45) is 0 Å².